The lowest BCUT2D eigenvalue weighted by Crippen LogP contribution is -2.39. The second kappa shape index (κ2) is 9.55. The van der Waals surface area contributed by atoms with Crippen LogP contribution in [0.4, 0.5) is 0 Å². The van der Waals surface area contributed by atoms with Crippen molar-refractivity contribution in [3.05, 3.63) is 95.8 Å². The Morgan fingerprint density at radius 2 is 1.83 bits per heavy atom. The Morgan fingerprint density at radius 1 is 1.07 bits per heavy atom. The van der Waals surface area contributed by atoms with E-state index in [-0.39, 0.29) is 6.04 Å². The zero-order chi connectivity index (χ0) is 20.8. The van der Waals surface area contributed by atoms with Crippen molar-refractivity contribution in [3.8, 4) is 5.75 Å². The van der Waals surface area contributed by atoms with Crippen LogP contribution in [-0.4, -0.2) is 33.5 Å². The van der Waals surface area contributed by atoms with Crippen molar-refractivity contribution in [2.75, 3.05) is 6.54 Å². The highest BCUT2D eigenvalue weighted by molar-refractivity contribution is 5.74. The van der Waals surface area contributed by atoms with Crippen LogP contribution in [0.15, 0.2) is 79.0 Å². The van der Waals surface area contributed by atoms with E-state index in [1.54, 1.807) is 6.20 Å². The SMILES string of the molecule is O=C(O)C1CCCN1C(Cc1ccccn1)c1ccc(OCc2ccccc2)cc1. The van der Waals surface area contributed by atoms with Crippen LogP contribution < -0.4 is 4.74 Å². The van der Waals surface area contributed by atoms with Gasteiger partial charge in [-0.25, -0.2) is 0 Å². The van der Waals surface area contributed by atoms with E-state index in [0.717, 1.165) is 35.5 Å². The number of aromatic nitrogens is 1. The number of rotatable bonds is 8. The maximum Gasteiger partial charge on any atom is 0.320 e. The van der Waals surface area contributed by atoms with E-state index in [2.05, 4.69) is 9.88 Å². The van der Waals surface area contributed by atoms with Gasteiger partial charge < -0.3 is 9.84 Å². The van der Waals surface area contributed by atoms with Gasteiger partial charge in [0.2, 0.25) is 0 Å². The number of carbonyl (C=O) groups is 1. The average Bonchev–Trinajstić information content (AvgIpc) is 3.28. The van der Waals surface area contributed by atoms with E-state index in [1.165, 1.54) is 0 Å². The largest absolute Gasteiger partial charge is 0.489 e. The first-order valence-electron chi connectivity index (χ1n) is 10.4. The van der Waals surface area contributed by atoms with Gasteiger partial charge in [0.1, 0.15) is 18.4 Å². The molecule has 1 aliphatic rings. The lowest BCUT2D eigenvalue weighted by atomic mass is 9.98. The zero-order valence-electron chi connectivity index (χ0n) is 16.9. The van der Waals surface area contributed by atoms with Crippen molar-refractivity contribution in [2.45, 2.75) is 38.0 Å². The van der Waals surface area contributed by atoms with Gasteiger partial charge in [-0.15, -0.1) is 0 Å². The van der Waals surface area contributed by atoms with Crippen LogP contribution in [0, 0.1) is 0 Å². The molecular weight excluding hydrogens is 376 g/mol. The van der Waals surface area contributed by atoms with Gasteiger partial charge >= 0.3 is 5.97 Å². The minimum absolute atomic E-state index is 0.0355. The molecule has 2 atom stereocenters. The first-order chi connectivity index (χ1) is 14.7. The van der Waals surface area contributed by atoms with Crippen LogP contribution in [0.3, 0.4) is 0 Å². The Morgan fingerprint density at radius 3 is 2.53 bits per heavy atom. The molecule has 2 heterocycles. The second-order valence-electron chi connectivity index (χ2n) is 7.62. The zero-order valence-corrected chi connectivity index (χ0v) is 16.9. The van der Waals surface area contributed by atoms with Crippen molar-refractivity contribution in [1.29, 1.82) is 0 Å². The van der Waals surface area contributed by atoms with Gasteiger partial charge in [0, 0.05) is 24.4 Å². The molecule has 1 fully saturated rings. The molecule has 1 N–H and O–H groups in total. The van der Waals surface area contributed by atoms with E-state index in [1.807, 2.05) is 72.8 Å². The van der Waals surface area contributed by atoms with Crippen LogP contribution >= 0.6 is 0 Å². The van der Waals surface area contributed by atoms with Crippen molar-refractivity contribution in [2.24, 2.45) is 0 Å². The molecule has 1 saturated heterocycles. The van der Waals surface area contributed by atoms with Crippen LogP contribution in [0.2, 0.25) is 0 Å². The van der Waals surface area contributed by atoms with Crippen LogP contribution in [0.1, 0.15) is 35.7 Å². The van der Waals surface area contributed by atoms with Gasteiger partial charge in [-0.3, -0.25) is 14.7 Å². The summed E-state index contributed by atoms with van der Waals surface area (Å²) in [5, 5.41) is 9.69. The van der Waals surface area contributed by atoms with Gasteiger partial charge in [-0.2, -0.15) is 0 Å². The number of hydrogen-bond donors (Lipinski definition) is 1. The van der Waals surface area contributed by atoms with Crippen molar-refractivity contribution < 1.29 is 14.6 Å². The first-order valence-corrected chi connectivity index (χ1v) is 10.4. The Bertz CT molecular complexity index is 945. The normalized spacial score (nSPS) is 17.5. The van der Waals surface area contributed by atoms with Crippen LogP contribution in [-0.2, 0) is 17.8 Å². The number of ether oxygens (including phenoxy) is 1. The molecule has 0 radical (unpaired) electrons. The average molecular weight is 402 g/mol. The summed E-state index contributed by atoms with van der Waals surface area (Å²) in [5.74, 6) is 0.0525. The molecule has 4 rings (SSSR count). The number of carboxylic acids is 1. The van der Waals surface area contributed by atoms with Crippen molar-refractivity contribution in [3.63, 3.8) is 0 Å². The van der Waals surface area contributed by atoms with Gasteiger partial charge in [0.15, 0.2) is 0 Å². The van der Waals surface area contributed by atoms with Gasteiger partial charge in [-0.05, 0) is 54.8 Å². The molecule has 154 valence electrons. The lowest BCUT2D eigenvalue weighted by Gasteiger charge is -2.31. The molecule has 1 aliphatic heterocycles. The molecule has 1 aromatic heterocycles. The summed E-state index contributed by atoms with van der Waals surface area (Å²) in [7, 11) is 0. The predicted molar refractivity (Wildman–Crippen MR) is 115 cm³/mol. The molecule has 5 nitrogen and oxygen atoms in total. The third kappa shape index (κ3) is 4.86. The summed E-state index contributed by atoms with van der Waals surface area (Å²) in [6.07, 6.45) is 4.04. The summed E-state index contributed by atoms with van der Waals surface area (Å²) in [6.45, 7) is 1.30. The fraction of sp³-hybridized carbons (Fsp3) is 0.280. The number of hydrogen-bond acceptors (Lipinski definition) is 4. The highest BCUT2D eigenvalue weighted by Crippen LogP contribution is 2.33. The second-order valence-corrected chi connectivity index (χ2v) is 7.62. The number of benzene rings is 2. The Labute approximate surface area is 177 Å². The smallest absolute Gasteiger partial charge is 0.320 e. The van der Waals surface area contributed by atoms with Gasteiger partial charge in [0.25, 0.3) is 0 Å². The van der Waals surface area contributed by atoms with E-state index < -0.39 is 12.0 Å². The summed E-state index contributed by atoms with van der Waals surface area (Å²) in [4.78, 5) is 18.4. The molecule has 0 bridgehead atoms. The number of likely N-dealkylation sites (tertiary alicyclic amines) is 1. The fourth-order valence-electron chi connectivity index (χ4n) is 4.10. The highest BCUT2D eigenvalue weighted by Gasteiger charge is 2.36. The first kappa shape index (κ1) is 20.1. The van der Waals surface area contributed by atoms with E-state index >= 15 is 0 Å². The van der Waals surface area contributed by atoms with Crippen molar-refractivity contribution >= 4 is 5.97 Å². The molecule has 3 aromatic rings. The van der Waals surface area contributed by atoms with E-state index in [0.29, 0.717) is 19.4 Å². The summed E-state index contributed by atoms with van der Waals surface area (Å²) < 4.78 is 5.91. The lowest BCUT2D eigenvalue weighted by molar-refractivity contribution is -0.143. The number of pyridine rings is 1. The third-order valence-electron chi connectivity index (χ3n) is 5.62. The predicted octanol–water partition coefficient (Wildman–Crippen LogP) is 4.49. The van der Waals surface area contributed by atoms with E-state index in [9.17, 15) is 9.90 Å². The standard InChI is InChI=1S/C25H26N2O3/c28-25(29)23-10-6-16-27(23)24(17-21-9-4-5-15-26-21)20-11-13-22(14-12-20)30-18-19-7-2-1-3-8-19/h1-5,7-9,11-15,23-24H,6,10,16-18H2,(H,28,29). The maximum atomic E-state index is 11.8. The molecule has 5 heteroatoms. The minimum atomic E-state index is -0.749. The molecule has 0 amide bonds. The molecular formula is C25H26N2O3. The Hall–Kier alpha value is -3.18. The summed E-state index contributed by atoms with van der Waals surface area (Å²) >= 11 is 0. The minimum Gasteiger partial charge on any atom is -0.489 e. The van der Waals surface area contributed by atoms with Gasteiger partial charge in [0.05, 0.1) is 0 Å². The number of aliphatic carboxylic acids is 1. The molecule has 0 saturated carbocycles. The fourth-order valence-corrected chi connectivity index (χ4v) is 4.10. The maximum absolute atomic E-state index is 11.8. The van der Waals surface area contributed by atoms with Crippen LogP contribution in [0.5, 0.6) is 5.75 Å². The molecule has 0 aliphatic carbocycles. The molecule has 2 unspecified atom stereocenters. The number of carboxylic acid groups (broad SMARTS) is 1. The van der Waals surface area contributed by atoms with Crippen LogP contribution in [0.25, 0.3) is 0 Å². The highest BCUT2D eigenvalue weighted by atomic mass is 16.5. The van der Waals surface area contributed by atoms with E-state index in [4.69, 9.17) is 4.74 Å². The third-order valence-corrected chi connectivity index (χ3v) is 5.62. The molecule has 2 aromatic carbocycles. The Kier molecular flexibility index (Phi) is 6.40. The van der Waals surface area contributed by atoms with Gasteiger partial charge in [-0.1, -0.05) is 48.5 Å². The summed E-state index contributed by atoms with van der Waals surface area (Å²) in [6, 6.07) is 23.5. The summed E-state index contributed by atoms with van der Waals surface area (Å²) in [5.41, 5.74) is 3.17. The van der Waals surface area contributed by atoms with Crippen molar-refractivity contribution in [1.82, 2.24) is 9.88 Å². The molecule has 0 spiro atoms. The Balaban J connectivity index is 1.53. The quantitative estimate of drug-likeness (QED) is 0.601. The monoisotopic (exact) mass is 402 g/mol. The number of nitrogens with zero attached hydrogens (tertiary/aromatic N) is 2. The topological polar surface area (TPSA) is 62.7 Å². The molecule has 30 heavy (non-hydrogen) atoms.